The maximum atomic E-state index is 12.1. The molecular formula is C16H15ClN2O2. The lowest BCUT2D eigenvalue weighted by molar-refractivity contribution is 0.0497. The molecule has 3 aromatic rings. The third-order valence-electron chi connectivity index (χ3n) is 3.47. The Morgan fingerprint density at radius 2 is 2.19 bits per heavy atom. The van der Waals surface area contributed by atoms with Gasteiger partial charge in [-0.25, -0.2) is 9.78 Å². The lowest BCUT2D eigenvalue weighted by Gasteiger charge is -2.06. The van der Waals surface area contributed by atoms with Crippen LogP contribution in [0.4, 0.5) is 0 Å². The number of carbonyl (C=O) groups is 1. The van der Waals surface area contributed by atoms with Crippen LogP contribution >= 0.6 is 11.6 Å². The number of aryl methyl sites for hydroxylation is 1. The van der Waals surface area contributed by atoms with Gasteiger partial charge in [0.05, 0.1) is 18.3 Å². The smallest absolute Gasteiger partial charge is 0.357 e. The van der Waals surface area contributed by atoms with Crippen LogP contribution in [0.1, 0.15) is 29.4 Å². The van der Waals surface area contributed by atoms with Crippen molar-refractivity contribution in [2.75, 3.05) is 6.61 Å². The molecule has 2 aromatic heterocycles. The summed E-state index contributed by atoms with van der Waals surface area (Å²) in [6.45, 7) is 4.24. The third-order valence-corrected chi connectivity index (χ3v) is 3.71. The van der Waals surface area contributed by atoms with E-state index < -0.39 is 0 Å². The maximum Gasteiger partial charge on any atom is 0.357 e. The number of nitrogens with one attached hydrogen (secondary N) is 1. The fraction of sp³-hybridized carbons (Fsp3) is 0.250. The number of aromatic amines is 1. The van der Waals surface area contributed by atoms with Crippen LogP contribution in [-0.4, -0.2) is 22.5 Å². The molecule has 4 nitrogen and oxygen atoms in total. The van der Waals surface area contributed by atoms with Crippen LogP contribution in [0.5, 0.6) is 0 Å². The molecule has 0 unspecified atom stereocenters. The van der Waals surface area contributed by atoms with E-state index in [1.807, 2.05) is 32.0 Å². The minimum atomic E-state index is -0.382. The fourth-order valence-corrected chi connectivity index (χ4v) is 2.67. The first-order valence-corrected chi connectivity index (χ1v) is 7.23. The number of pyridine rings is 1. The maximum absolute atomic E-state index is 12.1. The minimum Gasteiger partial charge on any atom is -0.461 e. The number of rotatable bonds is 3. The number of ether oxygens (including phenoxy) is 1. The Labute approximate surface area is 127 Å². The first-order chi connectivity index (χ1) is 10.1. The molecule has 0 bridgehead atoms. The summed E-state index contributed by atoms with van der Waals surface area (Å²) in [5.74, 6) is -0.382. The number of hydrogen-bond donors (Lipinski definition) is 1. The van der Waals surface area contributed by atoms with E-state index in [9.17, 15) is 4.79 Å². The number of fused-ring (bicyclic) bond motifs is 3. The van der Waals surface area contributed by atoms with Crippen molar-refractivity contribution in [3.63, 3.8) is 0 Å². The molecule has 0 radical (unpaired) electrons. The van der Waals surface area contributed by atoms with Gasteiger partial charge in [0.15, 0.2) is 5.69 Å². The molecule has 0 fully saturated rings. The number of esters is 1. The SMILES string of the molecule is CCCOC(=O)c1ncc2[nH]c3ccc(Cl)cc3c2c1C. The molecule has 0 aliphatic heterocycles. The summed E-state index contributed by atoms with van der Waals surface area (Å²) >= 11 is 6.08. The second kappa shape index (κ2) is 5.37. The molecule has 1 N–H and O–H groups in total. The van der Waals surface area contributed by atoms with Gasteiger partial charge in [-0.05, 0) is 37.1 Å². The number of hydrogen-bond acceptors (Lipinski definition) is 3. The number of H-pyrrole nitrogens is 1. The Morgan fingerprint density at radius 1 is 1.38 bits per heavy atom. The highest BCUT2D eigenvalue weighted by molar-refractivity contribution is 6.32. The van der Waals surface area contributed by atoms with Crippen LogP contribution in [0.2, 0.25) is 5.02 Å². The fourth-order valence-electron chi connectivity index (χ4n) is 2.50. The Kier molecular flexibility index (Phi) is 3.55. The quantitative estimate of drug-likeness (QED) is 0.736. The van der Waals surface area contributed by atoms with E-state index in [1.54, 1.807) is 6.20 Å². The first-order valence-electron chi connectivity index (χ1n) is 6.85. The third kappa shape index (κ3) is 2.36. The zero-order valence-corrected chi connectivity index (χ0v) is 12.6. The molecule has 0 aliphatic carbocycles. The monoisotopic (exact) mass is 302 g/mol. The summed E-state index contributed by atoms with van der Waals surface area (Å²) in [7, 11) is 0. The Morgan fingerprint density at radius 3 is 2.95 bits per heavy atom. The van der Waals surface area contributed by atoms with E-state index in [4.69, 9.17) is 16.3 Å². The van der Waals surface area contributed by atoms with E-state index in [-0.39, 0.29) is 5.97 Å². The zero-order chi connectivity index (χ0) is 15.0. The van der Waals surface area contributed by atoms with Gasteiger partial charge in [0, 0.05) is 21.3 Å². The van der Waals surface area contributed by atoms with E-state index >= 15 is 0 Å². The molecule has 0 amide bonds. The highest BCUT2D eigenvalue weighted by atomic mass is 35.5. The van der Waals surface area contributed by atoms with Gasteiger partial charge in [0.25, 0.3) is 0 Å². The lowest BCUT2D eigenvalue weighted by atomic mass is 10.1. The van der Waals surface area contributed by atoms with Crippen molar-refractivity contribution >= 4 is 39.4 Å². The summed E-state index contributed by atoms with van der Waals surface area (Å²) in [4.78, 5) is 19.6. The summed E-state index contributed by atoms with van der Waals surface area (Å²) in [5.41, 5.74) is 3.02. The predicted molar refractivity (Wildman–Crippen MR) is 83.9 cm³/mol. The predicted octanol–water partition coefficient (Wildman–Crippen LogP) is 4.24. The molecule has 21 heavy (non-hydrogen) atoms. The molecule has 0 saturated heterocycles. The number of carbonyl (C=O) groups excluding carboxylic acids is 1. The lowest BCUT2D eigenvalue weighted by Crippen LogP contribution is -2.10. The second-order valence-corrected chi connectivity index (χ2v) is 5.41. The van der Waals surface area contributed by atoms with Gasteiger partial charge in [0.2, 0.25) is 0 Å². The molecule has 0 saturated carbocycles. The topological polar surface area (TPSA) is 55.0 Å². The van der Waals surface area contributed by atoms with Crippen molar-refractivity contribution in [2.24, 2.45) is 0 Å². The van der Waals surface area contributed by atoms with Crippen molar-refractivity contribution in [1.29, 1.82) is 0 Å². The standard InChI is InChI=1S/C16H15ClN2O2/c1-3-6-21-16(20)15-9(2)14-11-7-10(17)4-5-12(11)19-13(14)8-18-15/h4-5,7-8,19H,3,6H2,1-2H3. The van der Waals surface area contributed by atoms with Crippen LogP contribution < -0.4 is 0 Å². The van der Waals surface area contributed by atoms with Crippen LogP contribution in [0, 0.1) is 6.92 Å². The van der Waals surface area contributed by atoms with Crippen molar-refractivity contribution in [1.82, 2.24) is 9.97 Å². The van der Waals surface area contributed by atoms with Crippen molar-refractivity contribution < 1.29 is 9.53 Å². The van der Waals surface area contributed by atoms with Crippen LogP contribution in [0.3, 0.4) is 0 Å². The van der Waals surface area contributed by atoms with Crippen LogP contribution in [-0.2, 0) is 4.74 Å². The highest BCUT2D eigenvalue weighted by Crippen LogP contribution is 2.31. The number of aromatic nitrogens is 2. The van der Waals surface area contributed by atoms with Gasteiger partial charge in [-0.3, -0.25) is 0 Å². The largest absolute Gasteiger partial charge is 0.461 e. The average Bonchev–Trinajstić information content (AvgIpc) is 2.83. The molecule has 0 aliphatic rings. The van der Waals surface area contributed by atoms with Crippen LogP contribution in [0.15, 0.2) is 24.4 Å². The van der Waals surface area contributed by atoms with Gasteiger partial charge >= 0.3 is 5.97 Å². The van der Waals surface area contributed by atoms with Gasteiger partial charge in [-0.1, -0.05) is 18.5 Å². The van der Waals surface area contributed by atoms with Crippen molar-refractivity contribution in [2.45, 2.75) is 20.3 Å². The van der Waals surface area contributed by atoms with E-state index in [2.05, 4.69) is 9.97 Å². The molecule has 2 heterocycles. The van der Waals surface area contributed by atoms with Crippen LogP contribution in [0.25, 0.3) is 21.8 Å². The van der Waals surface area contributed by atoms with Crippen molar-refractivity contribution in [3.8, 4) is 0 Å². The van der Waals surface area contributed by atoms with E-state index in [0.29, 0.717) is 17.3 Å². The molecule has 5 heteroatoms. The Balaban J connectivity index is 2.21. The normalized spacial score (nSPS) is 11.2. The Bertz CT molecular complexity index is 839. The van der Waals surface area contributed by atoms with Crippen molar-refractivity contribution in [3.05, 3.63) is 40.7 Å². The number of benzene rings is 1. The summed E-state index contributed by atoms with van der Waals surface area (Å²) in [6.07, 6.45) is 2.45. The Hall–Kier alpha value is -2.07. The number of nitrogens with zero attached hydrogens (tertiary/aromatic N) is 1. The molecule has 0 spiro atoms. The zero-order valence-electron chi connectivity index (χ0n) is 11.9. The number of halogens is 1. The van der Waals surface area contributed by atoms with Gasteiger partial charge in [-0.2, -0.15) is 0 Å². The average molecular weight is 303 g/mol. The first kappa shape index (κ1) is 13.9. The second-order valence-electron chi connectivity index (χ2n) is 4.97. The molecule has 108 valence electrons. The molecular weight excluding hydrogens is 288 g/mol. The summed E-state index contributed by atoms with van der Waals surface area (Å²) < 4.78 is 5.18. The molecule has 1 aromatic carbocycles. The van der Waals surface area contributed by atoms with Gasteiger partial charge in [0.1, 0.15) is 0 Å². The highest BCUT2D eigenvalue weighted by Gasteiger charge is 2.17. The summed E-state index contributed by atoms with van der Waals surface area (Å²) in [5, 5.41) is 2.61. The molecule has 3 rings (SSSR count). The van der Waals surface area contributed by atoms with E-state index in [0.717, 1.165) is 33.8 Å². The molecule has 0 atom stereocenters. The minimum absolute atomic E-state index is 0.358. The van der Waals surface area contributed by atoms with E-state index in [1.165, 1.54) is 0 Å². The summed E-state index contributed by atoms with van der Waals surface area (Å²) in [6, 6.07) is 5.65. The van der Waals surface area contributed by atoms with Gasteiger partial charge in [-0.15, -0.1) is 0 Å². The van der Waals surface area contributed by atoms with Gasteiger partial charge < -0.3 is 9.72 Å².